The van der Waals surface area contributed by atoms with E-state index in [1.807, 2.05) is 23.3 Å². The number of nitrogens with one attached hydrogen (secondary N) is 1. The standard InChI is InChI=1S/C19H23N3O2/c23-19(21-18-8-11-20-12-9-18)17-7-4-13-22(15-17)24-14-10-16-5-2-1-3-6-16/h1-3,5-6,8-9,11-12,17H,4,7,10,13-15H2,(H,20,21,23). The first kappa shape index (κ1) is 16.6. The molecule has 1 aliphatic rings. The summed E-state index contributed by atoms with van der Waals surface area (Å²) in [4.78, 5) is 22.2. The van der Waals surface area contributed by atoms with E-state index in [9.17, 15) is 4.79 Å². The number of carbonyl (C=O) groups excluding carboxylic acids is 1. The van der Waals surface area contributed by atoms with E-state index in [4.69, 9.17) is 4.84 Å². The Hall–Kier alpha value is -2.24. The molecular weight excluding hydrogens is 302 g/mol. The summed E-state index contributed by atoms with van der Waals surface area (Å²) in [7, 11) is 0. The zero-order valence-corrected chi connectivity index (χ0v) is 13.7. The lowest BCUT2D eigenvalue weighted by atomic mass is 9.98. The summed E-state index contributed by atoms with van der Waals surface area (Å²) in [6.45, 7) is 2.17. The van der Waals surface area contributed by atoms with Crippen LogP contribution in [0.25, 0.3) is 0 Å². The van der Waals surface area contributed by atoms with E-state index in [1.54, 1.807) is 24.5 Å². The Kier molecular flexibility index (Phi) is 5.93. The minimum absolute atomic E-state index is 0.0383. The van der Waals surface area contributed by atoms with Crippen LogP contribution in [0.1, 0.15) is 18.4 Å². The van der Waals surface area contributed by atoms with Gasteiger partial charge in [0.1, 0.15) is 0 Å². The van der Waals surface area contributed by atoms with Crippen LogP contribution in [-0.4, -0.2) is 35.7 Å². The molecule has 24 heavy (non-hydrogen) atoms. The monoisotopic (exact) mass is 325 g/mol. The first-order valence-corrected chi connectivity index (χ1v) is 8.44. The van der Waals surface area contributed by atoms with Crippen molar-refractivity contribution in [2.24, 2.45) is 5.92 Å². The second-order valence-corrected chi connectivity index (χ2v) is 6.02. The molecule has 0 spiro atoms. The highest BCUT2D eigenvalue weighted by molar-refractivity contribution is 5.92. The molecule has 1 fully saturated rings. The number of hydroxylamine groups is 2. The van der Waals surface area contributed by atoms with Crippen LogP contribution < -0.4 is 5.32 Å². The molecule has 2 aromatic rings. The Morgan fingerprint density at radius 1 is 1.21 bits per heavy atom. The molecule has 0 aliphatic carbocycles. The SMILES string of the molecule is O=C(Nc1ccncc1)C1CCCN(OCCc2ccccc2)C1. The largest absolute Gasteiger partial charge is 0.326 e. The lowest BCUT2D eigenvalue weighted by Crippen LogP contribution is -2.40. The van der Waals surface area contributed by atoms with Gasteiger partial charge in [-0.15, -0.1) is 0 Å². The molecule has 1 aromatic heterocycles. The lowest BCUT2D eigenvalue weighted by Gasteiger charge is -2.31. The molecule has 0 saturated carbocycles. The summed E-state index contributed by atoms with van der Waals surface area (Å²) < 4.78 is 0. The minimum Gasteiger partial charge on any atom is -0.326 e. The number of hydrogen-bond acceptors (Lipinski definition) is 4. The third-order valence-electron chi connectivity index (χ3n) is 4.21. The highest BCUT2D eigenvalue weighted by atomic mass is 16.7. The fraction of sp³-hybridized carbons (Fsp3) is 0.368. The van der Waals surface area contributed by atoms with E-state index in [1.165, 1.54) is 5.56 Å². The van der Waals surface area contributed by atoms with Crippen molar-refractivity contribution < 1.29 is 9.63 Å². The van der Waals surface area contributed by atoms with Crippen molar-refractivity contribution in [2.45, 2.75) is 19.3 Å². The minimum atomic E-state index is -0.0383. The molecule has 3 rings (SSSR count). The van der Waals surface area contributed by atoms with E-state index >= 15 is 0 Å². The second-order valence-electron chi connectivity index (χ2n) is 6.02. The smallest absolute Gasteiger partial charge is 0.228 e. The molecule has 5 heteroatoms. The summed E-state index contributed by atoms with van der Waals surface area (Å²) in [5.41, 5.74) is 2.05. The average Bonchev–Trinajstić information content (AvgIpc) is 2.64. The molecule has 1 atom stereocenters. The molecule has 1 saturated heterocycles. The van der Waals surface area contributed by atoms with Crippen LogP contribution in [0.3, 0.4) is 0 Å². The van der Waals surface area contributed by atoms with Gasteiger partial charge < -0.3 is 5.32 Å². The van der Waals surface area contributed by atoms with Crippen LogP contribution in [0, 0.1) is 5.92 Å². The van der Waals surface area contributed by atoms with Gasteiger partial charge in [0.25, 0.3) is 0 Å². The maximum atomic E-state index is 12.4. The Morgan fingerprint density at radius 3 is 2.79 bits per heavy atom. The molecular formula is C19H23N3O2. The quantitative estimate of drug-likeness (QED) is 0.887. The first-order valence-electron chi connectivity index (χ1n) is 8.44. The lowest BCUT2D eigenvalue weighted by molar-refractivity contribution is -0.179. The fourth-order valence-electron chi connectivity index (χ4n) is 2.89. The van der Waals surface area contributed by atoms with Gasteiger partial charge in [0.15, 0.2) is 0 Å². The topological polar surface area (TPSA) is 54.5 Å². The van der Waals surface area contributed by atoms with Crippen molar-refractivity contribution in [3.63, 3.8) is 0 Å². The van der Waals surface area contributed by atoms with Crippen molar-refractivity contribution in [1.29, 1.82) is 0 Å². The Balaban J connectivity index is 1.44. The number of hydrogen-bond donors (Lipinski definition) is 1. The molecule has 1 amide bonds. The van der Waals surface area contributed by atoms with Crippen LogP contribution in [0.4, 0.5) is 5.69 Å². The van der Waals surface area contributed by atoms with E-state index in [0.29, 0.717) is 13.2 Å². The van der Waals surface area contributed by atoms with Gasteiger partial charge in [-0.25, -0.2) is 0 Å². The van der Waals surface area contributed by atoms with Gasteiger partial charge in [0.05, 0.1) is 12.5 Å². The van der Waals surface area contributed by atoms with Gasteiger partial charge in [-0.05, 0) is 37.0 Å². The number of anilines is 1. The Morgan fingerprint density at radius 2 is 2.00 bits per heavy atom. The van der Waals surface area contributed by atoms with Crippen molar-refractivity contribution >= 4 is 11.6 Å². The maximum Gasteiger partial charge on any atom is 0.228 e. The number of rotatable bonds is 6. The van der Waals surface area contributed by atoms with Gasteiger partial charge >= 0.3 is 0 Å². The summed E-state index contributed by atoms with van der Waals surface area (Å²) in [5, 5.41) is 4.89. The zero-order chi connectivity index (χ0) is 16.6. The van der Waals surface area contributed by atoms with Crippen LogP contribution >= 0.6 is 0 Å². The van der Waals surface area contributed by atoms with Gasteiger partial charge in [0.2, 0.25) is 5.91 Å². The first-order chi connectivity index (χ1) is 11.8. The normalized spacial score (nSPS) is 18.2. The molecule has 0 radical (unpaired) electrons. The molecule has 0 bridgehead atoms. The highest BCUT2D eigenvalue weighted by Crippen LogP contribution is 2.19. The number of amides is 1. The molecule has 126 valence electrons. The maximum absolute atomic E-state index is 12.4. The number of piperidine rings is 1. The molecule has 1 N–H and O–H groups in total. The van der Waals surface area contributed by atoms with Crippen LogP contribution in [-0.2, 0) is 16.1 Å². The van der Waals surface area contributed by atoms with E-state index < -0.39 is 0 Å². The number of benzene rings is 1. The third-order valence-corrected chi connectivity index (χ3v) is 4.21. The highest BCUT2D eigenvalue weighted by Gasteiger charge is 2.26. The van der Waals surface area contributed by atoms with Crippen LogP contribution in [0.15, 0.2) is 54.9 Å². The molecule has 1 unspecified atom stereocenters. The van der Waals surface area contributed by atoms with Gasteiger partial charge in [-0.1, -0.05) is 30.3 Å². The second kappa shape index (κ2) is 8.57. The fourth-order valence-corrected chi connectivity index (χ4v) is 2.89. The zero-order valence-electron chi connectivity index (χ0n) is 13.7. The van der Waals surface area contributed by atoms with Crippen molar-refractivity contribution in [2.75, 3.05) is 25.0 Å². The van der Waals surface area contributed by atoms with Crippen molar-refractivity contribution in [1.82, 2.24) is 10.0 Å². The number of carbonyl (C=O) groups is 1. The van der Waals surface area contributed by atoms with Crippen LogP contribution in [0.5, 0.6) is 0 Å². The summed E-state index contributed by atoms with van der Waals surface area (Å²) >= 11 is 0. The Bertz CT molecular complexity index is 634. The molecule has 5 nitrogen and oxygen atoms in total. The van der Waals surface area contributed by atoms with Gasteiger partial charge in [-0.3, -0.25) is 14.6 Å². The van der Waals surface area contributed by atoms with Crippen LogP contribution in [0.2, 0.25) is 0 Å². The molecule has 2 heterocycles. The van der Waals surface area contributed by atoms with Gasteiger partial charge in [0, 0.05) is 31.2 Å². The Labute approximate surface area is 142 Å². The van der Waals surface area contributed by atoms with Crippen molar-refractivity contribution in [3.05, 3.63) is 60.4 Å². The summed E-state index contributed by atoms with van der Waals surface area (Å²) in [6, 6.07) is 13.9. The molecule has 1 aromatic carbocycles. The number of pyridine rings is 1. The predicted octanol–water partition coefficient (Wildman–Crippen LogP) is 2.91. The number of nitrogens with zero attached hydrogens (tertiary/aromatic N) is 2. The third kappa shape index (κ3) is 4.88. The predicted molar refractivity (Wildman–Crippen MR) is 93.3 cm³/mol. The summed E-state index contributed by atoms with van der Waals surface area (Å²) in [6.07, 6.45) is 6.10. The summed E-state index contributed by atoms with van der Waals surface area (Å²) in [5.74, 6) is 0.0150. The molecule has 1 aliphatic heterocycles. The van der Waals surface area contributed by atoms with Crippen molar-refractivity contribution in [3.8, 4) is 0 Å². The van der Waals surface area contributed by atoms with Gasteiger partial charge in [-0.2, -0.15) is 5.06 Å². The van der Waals surface area contributed by atoms with E-state index in [0.717, 1.165) is 31.5 Å². The van der Waals surface area contributed by atoms with E-state index in [-0.39, 0.29) is 11.8 Å². The number of aromatic nitrogens is 1. The van der Waals surface area contributed by atoms with E-state index in [2.05, 4.69) is 22.4 Å². The average molecular weight is 325 g/mol.